The molecule has 2 aliphatic rings. The van der Waals surface area contributed by atoms with Crippen molar-refractivity contribution in [3.8, 4) is 0 Å². The van der Waals surface area contributed by atoms with Crippen molar-refractivity contribution >= 4 is 23.3 Å². The number of rotatable bonds is 4. The zero-order chi connectivity index (χ0) is 17.8. The molecule has 136 valence electrons. The lowest BCUT2D eigenvalue weighted by atomic mass is 9.98. The molecular weight excluding hydrogens is 318 g/mol. The van der Waals surface area contributed by atoms with Gasteiger partial charge in [0.15, 0.2) is 0 Å². The van der Waals surface area contributed by atoms with Crippen LogP contribution in [0.4, 0.5) is 11.4 Å². The molecule has 6 heteroatoms. The highest BCUT2D eigenvalue weighted by Gasteiger charge is 2.27. The Morgan fingerprint density at radius 1 is 1.08 bits per heavy atom. The number of carboxylic acids is 1. The summed E-state index contributed by atoms with van der Waals surface area (Å²) >= 11 is 0. The fraction of sp³-hybridized carbons (Fsp3) is 0.579. The summed E-state index contributed by atoms with van der Waals surface area (Å²) in [7, 11) is 0. The average Bonchev–Trinajstić information content (AvgIpc) is 2.62. The second-order valence-electron chi connectivity index (χ2n) is 7.03. The number of nitrogens with one attached hydrogen (secondary N) is 1. The van der Waals surface area contributed by atoms with Crippen LogP contribution in [0, 0.1) is 0 Å². The van der Waals surface area contributed by atoms with E-state index in [0.29, 0.717) is 11.7 Å². The van der Waals surface area contributed by atoms with Crippen molar-refractivity contribution in [1.29, 1.82) is 0 Å². The van der Waals surface area contributed by atoms with Gasteiger partial charge < -0.3 is 20.2 Å². The molecule has 0 saturated carbocycles. The van der Waals surface area contributed by atoms with Gasteiger partial charge in [0.2, 0.25) is 5.91 Å². The molecule has 2 heterocycles. The van der Waals surface area contributed by atoms with Crippen LogP contribution in [0.5, 0.6) is 0 Å². The molecular formula is C19H27N3O3. The standard InChI is InChI=1S/C19H27N3O3/c1-14(23)20-15-5-6-18(17(13-15)19(24)25)22-11-7-16(8-12-22)21-9-3-2-4-10-21/h5-6,13,16H,2-4,7-12H2,1H3,(H,20,23)(H,24,25). The number of anilines is 2. The van der Waals surface area contributed by atoms with Gasteiger partial charge in [-0.1, -0.05) is 6.42 Å². The van der Waals surface area contributed by atoms with Gasteiger partial charge in [-0.2, -0.15) is 0 Å². The zero-order valence-electron chi connectivity index (χ0n) is 14.8. The molecule has 0 bridgehead atoms. The Morgan fingerprint density at radius 2 is 1.76 bits per heavy atom. The van der Waals surface area contributed by atoms with Crippen LogP contribution in [0.2, 0.25) is 0 Å². The van der Waals surface area contributed by atoms with Gasteiger partial charge in [-0.05, 0) is 57.0 Å². The van der Waals surface area contributed by atoms with E-state index in [-0.39, 0.29) is 11.5 Å². The molecule has 2 aliphatic heterocycles. The molecule has 0 atom stereocenters. The van der Waals surface area contributed by atoms with Crippen LogP contribution in [0.25, 0.3) is 0 Å². The monoisotopic (exact) mass is 345 g/mol. The number of aromatic carboxylic acids is 1. The molecule has 1 amide bonds. The van der Waals surface area contributed by atoms with Crippen molar-refractivity contribution in [3.63, 3.8) is 0 Å². The third-order valence-electron chi connectivity index (χ3n) is 5.26. The number of hydrogen-bond acceptors (Lipinski definition) is 4. The van der Waals surface area contributed by atoms with Crippen molar-refractivity contribution in [2.45, 2.75) is 45.1 Å². The smallest absolute Gasteiger partial charge is 0.337 e. The summed E-state index contributed by atoms with van der Waals surface area (Å²) in [6.07, 6.45) is 6.10. The molecule has 2 fully saturated rings. The van der Waals surface area contributed by atoms with Crippen molar-refractivity contribution < 1.29 is 14.7 Å². The first-order chi connectivity index (χ1) is 12.0. The number of hydrogen-bond donors (Lipinski definition) is 2. The highest BCUT2D eigenvalue weighted by atomic mass is 16.4. The Hall–Kier alpha value is -2.08. The third-order valence-corrected chi connectivity index (χ3v) is 5.26. The lowest BCUT2D eigenvalue weighted by molar-refractivity contribution is -0.114. The van der Waals surface area contributed by atoms with Crippen molar-refractivity contribution in [2.24, 2.45) is 0 Å². The van der Waals surface area contributed by atoms with E-state index in [1.54, 1.807) is 12.1 Å². The number of amides is 1. The summed E-state index contributed by atoms with van der Waals surface area (Å²) in [4.78, 5) is 27.6. The van der Waals surface area contributed by atoms with Crippen LogP contribution in [0.15, 0.2) is 18.2 Å². The van der Waals surface area contributed by atoms with Crippen LogP contribution in [0.1, 0.15) is 49.4 Å². The largest absolute Gasteiger partial charge is 0.478 e. The highest BCUT2D eigenvalue weighted by Crippen LogP contribution is 2.29. The molecule has 0 aromatic heterocycles. The van der Waals surface area contributed by atoms with Crippen LogP contribution >= 0.6 is 0 Å². The minimum absolute atomic E-state index is 0.202. The maximum Gasteiger partial charge on any atom is 0.337 e. The van der Waals surface area contributed by atoms with E-state index in [9.17, 15) is 14.7 Å². The number of likely N-dealkylation sites (tertiary alicyclic amines) is 1. The summed E-state index contributed by atoms with van der Waals surface area (Å²) in [6, 6.07) is 5.77. The molecule has 2 saturated heterocycles. The number of piperidine rings is 2. The summed E-state index contributed by atoms with van der Waals surface area (Å²) in [5.41, 5.74) is 1.53. The van der Waals surface area contributed by atoms with E-state index < -0.39 is 5.97 Å². The van der Waals surface area contributed by atoms with Gasteiger partial charge in [-0.15, -0.1) is 0 Å². The Bertz CT molecular complexity index is 633. The van der Waals surface area contributed by atoms with Gasteiger partial charge in [0.25, 0.3) is 0 Å². The SMILES string of the molecule is CC(=O)Nc1ccc(N2CCC(N3CCCCC3)CC2)c(C(=O)O)c1. The Labute approximate surface area is 148 Å². The summed E-state index contributed by atoms with van der Waals surface area (Å²) in [6.45, 7) is 5.58. The predicted octanol–water partition coefficient (Wildman–Crippen LogP) is 2.80. The number of carboxylic acid groups (broad SMARTS) is 1. The van der Waals surface area contributed by atoms with Crippen molar-refractivity contribution in [2.75, 3.05) is 36.4 Å². The summed E-state index contributed by atoms with van der Waals surface area (Å²) in [5, 5.41) is 12.2. The van der Waals surface area contributed by atoms with E-state index in [1.807, 2.05) is 6.07 Å². The normalized spacial score (nSPS) is 19.6. The van der Waals surface area contributed by atoms with Gasteiger partial charge in [-0.3, -0.25) is 4.79 Å². The first-order valence-corrected chi connectivity index (χ1v) is 9.18. The van der Waals surface area contributed by atoms with E-state index in [2.05, 4.69) is 15.1 Å². The fourth-order valence-electron chi connectivity index (χ4n) is 4.02. The topological polar surface area (TPSA) is 72.9 Å². The van der Waals surface area contributed by atoms with Crippen LogP contribution < -0.4 is 10.2 Å². The molecule has 1 aromatic carbocycles. The minimum atomic E-state index is -0.958. The maximum absolute atomic E-state index is 11.7. The summed E-state index contributed by atoms with van der Waals surface area (Å²) in [5.74, 6) is -1.16. The summed E-state index contributed by atoms with van der Waals surface area (Å²) < 4.78 is 0. The minimum Gasteiger partial charge on any atom is -0.478 e. The molecule has 0 aliphatic carbocycles. The first-order valence-electron chi connectivity index (χ1n) is 9.18. The van der Waals surface area contributed by atoms with E-state index in [0.717, 1.165) is 31.6 Å². The van der Waals surface area contributed by atoms with Crippen LogP contribution in [0.3, 0.4) is 0 Å². The van der Waals surface area contributed by atoms with E-state index in [4.69, 9.17) is 0 Å². The van der Waals surface area contributed by atoms with Gasteiger partial charge in [0, 0.05) is 31.7 Å². The molecule has 6 nitrogen and oxygen atoms in total. The van der Waals surface area contributed by atoms with Gasteiger partial charge in [-0.25, -0.2) is 4.79 Å². The van der Waals surface area contributed by atoms with Crippen LogP contribution in [-0.2, 0) is 4.79 Å². The van der Waals surface area contributed by atoms with Gasteiger partial charge >= 0.3 is 5.97 Å². The van der Waals surface area contributed by atoms with Crippen LogP contribution in [-0.4, -0.2) is 54.1 Å². The highest BCUT2D eigenvalue weighted by molar-refractivity contribution is 5.97. The zero-order valence-corrected chi connectivity index (χ0v) is 14.8. The quantitative estimate of drug-likeness (QED) is 0.878. The molecule has 1 aromatic rings. The number of benzene rings is 1. The predicted molar refractivity (Wildman–Crippen MR) is 98.4 cm³/mol. The van der Waals surface area contributed by atoms with Gasteiger partial charge in [0.05, 0.1) is 11.3 Å². The first kappa shape index (κ1) is 17.7. The molecule has 0 spiro atoms. The van der Waals surface area contributed by atoms with E-state index >= 15 is 0 Å². The maximum atomic E-state index is 11.7. The Morgan fingerprint density at radius 3 is 2.36 bits per heavy atom. The average molecular weight is 345 g/mol. The second-order valence-corrected chi connectivity index (χ2v) is 7.03. The second kappa shape index (κ2) is 7.87. The third kappa shape index (κ3) is 4.31. The number of nitrogens with zero attached hydrogens (tertiary/aromatic N) is 2. The van der Waals surface area contributed by atoms with Crippen molar-refractivity contribution in [3.05, 3.63) is 23.8 Å². The molecule has 0 unspecified atom stereocenters. The molecule has 3 rings (SSSR count). The molecule has 25 heavy (non-hydrogen) atoms. The molecule has 2 N–H and O–H groups in total. The lowest BCUT2D eigenvalue weighted by Gasteiger charge is -2.41. The van der Waals surface area contributed by atoms with Crippen molar-refractivity contribution in [1.82, 2.24) is 4.90 Å². The van der Waals surface area contributed by atoms with Gasteiger partial charge in [0.1, 0.15) is 0 Å². The Balaban J connectivity index is 1.69. The lowest BCUT2D eigenvalue weighted by Crippen LogP contribution is -2.47. The number of carbonyl (C=O) groups is 2. The van der Waals surface area contributed by atoms with E-state index in [1.165, 1.54) is 39.3 Å². The number of carbonyl (C=O) groups excluding carboxylic acids is 1. The fourth-order valence-corrected chi connectivity index (χ4v) is 4.02. The molecule has 0 radical (unpaired) electrons. The Kier molecular flexibility index (Phi) is 5.58.